The maximum absolute atomic E-state index is 5.31. The number of rotatable bonds is 3. The third kappa shape index (κ3) is 2.65. The molecular formula is C22H21NO. The summed E-state index contributed by atoms with van der Waals surface area (Å²) in [6.07, 6.45) is 2.22. The molecule has 0 spiro atoms. The second kappa shape index (κ2) is 6.40. The van der Waals surface area contributed by atoms with Crippen LogP contribution in [-0.2, 0) is 6.42 Å². The fourth-order valence-electron chi connectivity index (χ4n) is 3.60. The topological polar surface area (TPSA) is 12.5 Å². The van der Waals surface area contributed by atoms with Crippen LogP contribution in [0.4, 0.5) is 11.4 Å². The fourth-order valence-corrected chi connectivity index (χ4v) is 3.60. The number of hydrogen-bond donors (Lipinski definition) is 0. The Bertz CT molecular complexity index is 811. The van der Waals surface area contributed by atoms with Gasteiger partial charge in [0.2, 0.25) is 0 Å². The summed E-state index contributed by atoms with van der Waals surface area (Å²) in [5.41, 5.74) is 5.31. The first kappa shape index (κ1) is 14.8. The molecule has 1 atom stereocenters. The Balaban J connectivity index is 1.80. The lowest BCUT2D eigenvalue weighted by molar-refractivity contribution is 0.414. The first-order chi connectivity index (χ1) is 11.9. The molecule has 0 radical (unpaired) electrons. The standard InChI is InChI=1S/C22H21NO/c1-24-20-14-11-18(12-15-20)22-16-13-17-7-5-6-10-21(17)23(22)19-8-3-2-4-9-19/h2-12,14-15,22H,13,16H2,1H3. The lowest BCUT2D eigenvalue weighted by Gasteiger charge is -2.39. The molecule has 0 bridgehead atoms. The van der Waals surface area contributed by atoms with E-state index in [0.717, 1.165) is 18.6 Å². The highest BCUT2D eigenvalue weighted by molar-refractivity contribution is 5.69. The summed E-state index contributed by atoms with van der Waals surface area (Å²) in [7, 11) is 1.71. The number of fused-ring (bicyclic) bond motifs is 1. The third-order valence-electron chi connectivity index (χ3n) is 4.78. The van der Waals surface area contributed by atoms with Crippen LogP contribution in [0.1, 0.15) is 23.6 Å². The Morgan fingerprint density at radius 2 is 1.54 bits per heavy atom. The van der Waals surface area contributed by atoms with Gasteiger partial charge < -0.3 is 9.64 Å². The predicted octanol–water partition coefficient (Wildman–Crippen LogP) is 5.52. The fraction of sp³-hybridized carbons (Fsp3) is 0.182. The number of nitrogens with zero attached hydrogens (tertiary/aromatic N) is 1. The molecule has 24 heavy (non-hydrogen) atoms. The zero-order valence-electron chi connectivity index (χ0n) is 13.9. The number of aryl methyl sites for hydroxylation is 1. The van der Waals surface area contributed by atoms with Gasteiger partial charge in [0.05, 0.1) is 13.2 Å². The summed E-state index contributed by atoms with van der Waals surface area (Å²) >= 11 is 0. The maximum Gasteiger partial charge on any atom is 0.118 e. The second-order valence-electron chi connectivity index (χ2n) is 6.16. The van der Waals surface area contributed by atoms with Gasteiger partial charge in [0, 0.05) is 11.4 Å². The second-order valence-corrected chi connectivity index (χ2v) is 6.16. The van der Waals surface area contributed by atoms with Gasteiger partial charge in [-0.25, -0.2) is 0 Å². The summed E-state index contributed by atoms with van der Waals surface area (Å²) in [6.45, 7) is 0. The monoisotopic (exact) mass is 315 g/mol. The quantitative estimate of drug-likeness (QED) is 0.631. The first-order valence-corrected chi connectivity index (χ1v) is 8.43. The normalized spacial score (nSPS) is 16.5. The minimum atomic E-state index is 0.341. The van der Waals surface area contributed by atoms with Crippen molar-refractivity contribution in [1.82, 2.24) is 0 Å². The Morgan fingerprint density at radius 3 is 2.29 bits per heavy atom. The van der Waals surface area contributed by atoms with Crippen molar-refractivity contribution < 1.29 is 4.74 Å². The van der Waals surface area contributed by atoms with E-state index in [-0.39, 0.29) is 0 Å². The molecule has 0 fully saturated rings. The molecule has 1 unspecified atom stereocenters. The summed E-state index contributed by atoms with van der Waals surface area (Å²) < 4.78 is 5.31. The molecule has 1 aliphatic rings. The molecular weight excluding hydrogens is 294 g/mol. The molecule has 2 heteroatoms. The van der Waals surface area contributed by atoms with Crippen LogP contribution in [-0.4, -0.2) is 7.11 Å². The molecule has 0 N–H and O–H groups in total. The lowest BCUT2D eigenvalue weighted by atomic mass is 9.90. The maximum atomic E-state index is 5.31. The van der Waals surface area contributed by atoms with Crippen molar-refractivity contribution in [2.45, 2.75) is 18.9 Å². The van der Waals surface area contributed by atoms with Gasteiger partial charge in [-0.05, 0) is 54.3 Å². The van der Waals surface area contributed by atoms with E-state index < -0.39 is 0 Å². The van der Waals surface area contributed by atoms with Crippen LogP contribution in [0.2, 0.25) is 0 Å². The highest BCUT2D eigenvalue weighted by Gasteiger charge is 2.28. The number of anilines is 2. The predicted molar refractivity (Wildman–Crippen MR) is 99.1 cm³/mol. The van der Waals surface area contributed by atoms with Crippen LogP contribution < -0.4 is 9.64 Å². The average molecular weight is 315 g/mol. The molecule has 3 aromatic rings. The van der Waals surface area contributed by atoms with Gasteiger partial charge in [0.1, 0.15) is 5.75 Å². The van der Waals surface area contributed by atoms with E-state index in [0.29, 0.717) is 6.04 Å². The zero-order valence-corrected chi connectivity index (χ0v) is 13.9. The average Bonchev–Trinajstić information content (AvgIpc) is 2.68. The van der Waals surface area contributed by atoms with Crippen LogP contribution in [0.25, 0.3) is 0 Å². The third-order valence-corrected chi connectivity index (χ3v) is 4.78. The molecule has 2 nitrogen and oxygen atoms in total. The van der Waals surface area contributed by atoms with Crippen molar-refractivity contribution in [1.29, 1.82) is 0 Å². The Labute approximate surface area is 143 Å². The smallest absolute Gasteiger partial charge is 0.118 e. The number of para-hydroxylation sites is 2. The molecule has 1 aliphatic heterocycles. The minimum Gasteiger partial charge on any atom is -0.497 e. The molecule has 3 aromatic carbocycles. The van der Waals surface area contributed by atoms with Crippen molar-refractivity contribution in [3.05, 3.63) is 90.0 Å². The van der Waals surface area contributed by atoms with Gasteiger partial charge in [0.15, 0.2) is 0 Å². The zero-order chi connectivity index (χ0) is 16.4. The van der Waals surface area contributed by atoms with E-state index in [2.05, 4.69) is 83.8 Å². The van der Waals surface area contributed by atoms with Crippen molar-refractivity contribution >= 4 is 11.4 Å². The minimum absolute atomic E-state index is 0.341. The van der Waals surface area contributed by atoms with Crippen LogP contribution >= 0.6 is 0 Å². The van der Waals surface area contributed by atoms with E-state index in [1.807, 2.05) is 0 Å². The van der Waals surface area contributed by atoms with Crippen molar-refractivity contribution in [2.24, 2.45) is 0 Å². The molecule has 120 valence electrons. The summed E-state index contributed by atoms with van der Waals surface area (Å²) in [5, 5.41) is 0. The van der Waals surface area contributed by atoms with Crippen LogP contribution in [0.15, 0.2) is 78.9 Å². The van der Waals surface area contributed by atoms with Gasteiger partial charge in [-0.15, -0.1) is 0 Å². The van der Waals surface area contributed by atoms with Gasteiger partial charge in [-0.2, -0.15) is 0 Å². The largest absolute Gasteiger partial charge is 0.497 e. The van der Waals surface area contributed by atoms with E-state index in [4.69, 9.17) is 4.74 Å². The van der Waals surface area contributed by atoms with E-state index in [1.54, 1.807) is 7.11 Å². The van der Waals surface area contributed by atoms with Gasteiger partial charge >= 0.3 is 0 Å². The van der Waals surface area contributed by atoms with E-state index >= 15 is 0 Å². The van der Waals surface area contributed by atoms with Crippen LogP contribution in [0, 0.1) is 0 Å². The lowest BCUT2D eigenvalue weighted by Crippen LogP contribution is -2.28. The van der Waals surface area contributed by atoms with Gasteiger partial charge in [-0.1, -0.05) is 48.5 Å². The molecule has 0 amide bonds. The summed E-state index contributed by atoms with van der Waals surface area (Å²) in [6, 6.07) is 28.2. The SMILES string of the molecule is COc1ccc(C2CCc3ccccc3N2c2ccccc2)cc1. The van der Waals surface area contributed by atoms with Gasteiger partial charge in [-0.3, -0.25) is 0 Å². The van der Waals surface area contributed by atoms with Crippen LogP contribution in [0.5, 0.6) is 5.75 Å². The molecule has 4 rings (SSSR count). The Morgan fingerprint density at radius 1 is 0.833 bits per heavy atom. The highest BCUT2D eigenvalue weighted by Crippen LogP contribution is 2.43. The van der Waals surface area contributed by atoms with Crippen molar-refractivity contribution in [2.75, 3.05) is 12.0 Å². The molecule has 0 aromatic heterocycles. The van der Waals surface area contributed by atoms with Crippen molar-refractivity contribution in [3.63, 3.8) is 0 Å². The number of methoxy groups -OCH3 is 1. The molecule has 0 saturated heterocycles. The highest BCUT2D eigenvalue weighted by atomic mass is 16.5. The van der Waals surface area contributed by atoms with Gasteiger partial charge in [0.25, 0.3) is 0 Å². The number of ether oxygens (including phenoxy) is 1. The van der Waals surface area contributed by atoms with Crippen LogP contribution in [0.3, 0.4) is 0 Å². The Kier molecular flexibility index (Phi) is 3.96. The summed E-state index contributed by atoms with van der Waals surface area (Å²) in [4.78, 5) is 2.47. The molecule has 0 aliphatic carbocycles. The van der Waals surface area contributed by atoms with E-state index in [9.17, 15) is 0 Å². The Hall–Kier alpha value is -2.74. The van der Waals surface area contributed by atoms with Crippen molar-refractivity contribution in [3.8, 4) is 5.75 Å². The molecule has 1 heterocycles. The first-order valence-electron chi connectivity index (χ1n) is 8.43. The summed E-state index contributed by atoms with van der Waals surface area (Å²) in [5.74, 6) is 0.904. The number of hydrogen-bond acceptors (Lipinski definition) is 2. The molecule has 0 saturated carbocycles. The van der Waals surface area contributed by atoms with E-state index in [1.165, 1.54) is 22.5 Å². The number of benzene rings is 3.